The fourth-order valence-corrected chi connectivity index (χ4v) is 2.90. The lowest BCUT2D eigenvalue weighted by Crippen LogP contribution is -2.56. The van der Waals surface area contributed by atoms with Gasteiger partial charge in [-0.2, -0.15) is 0 Å². The average molecular weight is 201 g/mol. The van der Waals surface area contributed by atoms with Crippen LogP contribution in [0.4, 0.5) is 8.78 Å². The summed E-state index contributed by atoms with van der Waals surface area (Å²) in [7, 11) is 0. The zero-order valence-corrected chi connectivity index (χ0v) is 8.31. The van der Waals surface area contributed by atoms with Gasteiger partial charge in [-0.3, -0.25) is 0 Å². The molecule has 0 aromatic carbocycles. The first-order chi connectivity index (χ1) is 6.64. The minimum atomic E-state index is -2.36. The van der Waals surface area contributed by atoms with Crippen LogP contribution in [0.3, 0.4) is 0 Å². The van der Waals surface area contributed by atoms with E-state index in [9.17, 15) is 8.78 Å². The summed E-state index contributed by atoms with van der Waals surface area (Å²) in [6.07, 6.45) is 5.43. The predicted octanol–water partition coefficient (Wildman–Crippen LogP) is 2.56. The summed E-state index contributed by atoms with van der Waals surface area (Å²) in [6.45, 7) is 0. The molecule has 3 heteroatoms. The summed E-state index contributed by atoms with van der Waals surface area (Å²) in [5.41, 5.74) is 0. The van der Waals surface area contributed by atoms with Gasteiger partial charge in [-0.05, 0) is 37.5 Å². The summed E-state index contributed by atoms with van der Waals surface area (Å²) >= 11 is 0. The lowest BCUT2D eigenvalue weighted by molar-refractivity contribution is -0.0989. The Labute approximate surface area is 83.3 Å². The molecule has 1 N–H and O–H groups in total. The molecule has 0 aromatic rings. The van der Waals surface area contributed by atoms with E-state index in [1.165, 1.54) is 25.7 Å². The van der Waals surface area contributed by atoms with Gasteiger partial charge in [-0.15, -0.1) is 0 Å². The van der Waals surface area contributed by atoms with Crippen molar-refractivity contribution in [3.63, 3.8) is 0 Å². The Morgan fingerprint density at radius 2 is 1.71 bits per heavy atom. The summed E-state index contributed by atoms with van der Waals surface area (Å²) < 4.78 is 25.2. The van der Waals surface area contributed by atoms with E-state index in [-0.39, 0.29) is 18.9 Å². The molecule has 0 heterocycles. The molecule has 0 aromatic heterocycles. The van der Waals surface area contributed by atoms with Gasteiger partial charge in [0, 0.05) is 24.9 Å². The second kappa shape index (κ2) is 2.91. The molecule has 0 saturated heterocycles. The highest BCUT2D eigenvalue weighted by atomic mass is 19.3. The van der Waals surface area contributed by atoms with Crippen molar-refractivity contribution >= 4 is 0 Å². The molecule has 3 aliphatic rings. The van der Waals surface area contributed by atoms with Crippen molar-refractivity contribution in [2.45, 2.75) is 56.5 Å². The van der Waals surface area contributed by atoms with Crippen molar-refractivity contribution in [1.29, 1.82) is 0 Å². The van der Waals surface area contributed by atoms with Gasteiger partial charge in [0.1, 0.15) is 0 Å². The van der Waals surface area contributed by atoms with Gasteiger partial charge in [0.2, 0.25) is 0 Å². The molecule has 3 rings (SSSR count). The van der Waals surface area contributed by atoms with Crippen LogP contribution in [0.25, 0.3) is 0 Å². The van der Waals surface area contributed by atoms with Crippen LogP contribution in [0, 0.1) is 11.8 Å². The molecule has 0 bridgehead atoms. The molecule has 2 atom stereocenters. The normalized spacial score (nSPS) is 41.6. The minimum Gasteiger partial charge on any atom is -0.310 e. The molecule has 3 saturated carbocycles. The highest BCUT2D eigenvalue weighted by Gasteiger charge is 2.49. The van der Waals surface area contributed by atoms with Gasteiger partial charge in [0.25, 0.3) is 5.92 Å². The summed E-state index contributed by atoms with van der Waals surface area (Å²) in [4.78, 5) is 0. The van der Waals surface area contributed by atoms with Gasteiger partial charge in [-0.25, -0.2) is 8.78 Å². The lowest BCUT2D eigenvalue weighted by atomic mass is 9.74. The molecule has 0 spiro atoms. The molecular weight excluding hydrogens is 184 g/mol. The molecule has 0 amide bonds. The zero-order valence-electron chi connectivity index (χ0n) is 8.31. The van der Waals surface area contributed by atoms with E-state index in [0.717, 1.165) is 11.8 Å². The molecule has 1 nitrogen and oxygen atoms in total. The van der Waals surface area contributed by atoms with Crippen LogP contribution in [0.15, 0.2) is 0 Å². The highest BCUT2D eigenvalue weighted by Crippen LogP contribution is 2.48. The van der Waals surface area contributed by atoms with E-state index < -0.39 is 5.92 Å². The number of rotatable bonds is 3. The molecule has 14 heavy (non-hydrogen) atoms. The molecule has 0 aliphatic heterocycles. The van der Waals surface area contributed by atoms with Crippen molar-refractivity contribution in [1.82, 2.24) is 5.32 Å². The third kappa shape index (κ3) is 1.56. The smallest absolute Gasteiger partial charge is 0.251 e. The monoisotopic (exact) mass is 201 g/mol. The van der Waals surface area contributed by atoms with Crippen LogP contribution >= 0.6 is 0 Å². The van der Waals surface area contributed by atoms with Gasteiger partial charge in [0.15, 0.2) is 0 Å². The minimum absolute atomic E-state index is 0.0703. The number of hydrogen-bond donors (Lipinski definition) is 1. The van der Waals surface area contributed by atoms with Gasteiger partial charge >= 0.3 is 0 Å². The van der Waals surface area contributed by atoms with Gasteiger partial charge in [0.05, 0.1) is 0 Å². The molecular formula is C11H17F2N. The van der Waals surface area contributed by atoms with E-state index in [1.807, 2.05) is 0 Å². The number of alkyl halides is 2. The maximum Gasteiger partial charge on any atom is 0.251 e. The molecule has 3 fully saturated rings. The topological polar surface area (TPSA) is 12.0 Å². The lowest BCUT2D eigenvalue weighted by Gasteiger charge is -2.44. The number of nitrogens with one attached hydrogen (secondary N) is 1. The SMILES string of the molecule is FC1(F)CC(NC2CCC2C2CC2)C1. The molecule has 3 aliphatic carbocycles. The largest absolute Gasteiger partial charge is 0.310 e. The Bertz CT molecular complexity index is 229. The van der Waals surface area contributed by atoms with Crippen LogP contribution in [0.2, 0.25) is 0 Å². The van der Waals surface area contributed by atoms with Gasteiger partial charge < -0.3 is 5.32 Å². The first-order valence-corrected chi connectivity index (χ1v) is 5.78. The van der Waals surface area contributed by atoms with Crippen molar-refractivity contribution in [2.24, 2.45) is 11.8 Å². The van der Waals surface area contributed by atoms with Crippen LogP contribution in [0.5, 0.6) is 0 Å². The second-order valence-electron chi connectivity index (χ2n) is 5.31. The standard InChI is InChI=1S/C11H17F2N/c12-11(13)5-8(6-11)14-10-4-3-9(10)7-1-2-7/h7-10,14H,1-6H2. The zero-order chi connectivity index (χ0) is 9.76. The summed E-state index contributed by atoms with van der Waals surface area (Å²) in [5.74, 6) is -0.609. The molecule has 0 radical (unpaired) electrons. The summed E-state index contributed by atoms with van der Waals surface area (Å²) in [5, 5.41) is 3.40. The van der Waals surface area contributed by atoms with Crippen molar-refractivity contribution in [3.8, 4) is 0 Å². The van der Waals surface area contributed by atoms with E-state index >= 15 is 0 Å². The molecule has 80 valence electrons. The first-order valence-electron chi connectivity index (χ1n) is 5.78. The van der Waals surface area contributed by atoms with Crippen molar-refractivity contribution in [3.05, 3.63) is 0 Å². The Morgan fingerprint density at radius 1 is 1.00 bits per heavy atom. The van der Waals surface area contributed by atoms with E-state index in [2.05, 4.69) is 5.32 Å². The van der Waals surface area contributed by atoms with Crippen LogP contribution < -0.4 is 5.32 Å². The Morgan fingerprint density at radius 3 is 2.14 bits per heavy atom. The Kier molecular flexibility index (Phi) is 1.88. The van der Waals surface area contributed by atoms with Crippen molar-refractivity contribution < 1.29 is 8.78 Å². The first kappa shape index (κ1) is 9.08. The van der Waals surface area contributed by atoms with Crippen LogP contribution in [-0.4, -0.2) is 18.0 Å². The van der Waals surface area contributed by atoms with E-state index in [1.54, 1.807) is 0 Å². The summed E-state index contributed by atoms with van der Waals surface area (Å²) in [6, 6.07) is 0.681. The highest BCUT2D eigenvalue weighted by molar-refractivity contribution is 5.00. The number of halogens is 2. The second-order valence-corrected chi connectivity index (χ2v) is 5.31. The molecule has 2 unspecified atom stereocenters. The number of hydrogen-bond acceptors (Lipinski definition) is 1. The third-order valence-corrected chi connectivity index (χ3v) is 4.10. The Balaban J connectivity index is 1.45. The predicted molar refractivity (Wildman–Crippen MR) is 50.3 cm³/mol. The van der Waals surface area contributed by atoms with Crippen LogP contribution in [-0.2, 0) is 0 Å². The third-order valence-electron chi connectivity index (χ3n) is 4.10. The van der Waals surface area contributed by atoms with Gasteiger partial charge in [-0.1, -0.05) is 0 Å². The van der Waals surface area contributed by atoms with E-state index in [4.69, 9.17) is 0 Å². The maximum absolute atomic E-state index is 12.6. The van der Waals surface area contributed by atoms with E-state index in [0.29, 0.717) is 6.04 Å². The Hall–Kier alpha value is -0.180. The van der Waals surface area contributed by atoms with Crippen molar-refractivity contribution in [2.75, 3.05) is 0 Å². The average Bonchev–Trinajstić information content (AvgIpc) is 2.77. The van der Waals surface area contributed by atoms with Crippen LogP contribution in [0.1, 0.15) is 38.5 Å². The quantitative estimate of drug-likeness (QED) is 0.740. The maximum atomic E-state index is 12.6. The fourth-order valence-electron chi connectivity index (χ4n) is 2.90. The fraction of sp³-hybridized carbons (Fsp3) is 1.00.